The maximum atomic E-state index is 13.3. The Hall–Kier alpha value is -6.08. The third-order valence-electron chi connectivity index (χ3n) is 10.1. The number of phenols is 2. The number of esters is 1. The van der Waals surface area contributed by atoms with Crippen LogP contribution in [0.15, 0.2) is 65.6 Å². The molecule has 8 N–H and O–H groups in total. The predicted octanol–water partition coefficient (Wildman–Crippen LogP) is 1.53. The van der Waals surface area contributed by atoms with Crippen LogP contribution >= 0.6 is 0 Å². The summed E-state index contributed by atoms with van der Waals surface area (Å²) < 4.78 is 18.2. The summed E-state index contributed by atoms with van der Waals surface area (Å²) in [6.07, 6.45) is -0.211. The summed E-state index contributed by atoms with van der Waals surface area (Å²) >= 11 is 0. The van der Waals surface area contributed by atoms with Gasteiger partial charge in [0.25, 0.3) is 5.91 Å². The van der Waals surface area contributed by atoms with E-state index in [-0.39, 0.29) is 46.2 Å². The van der Waals surface area contributed by atoms with Crippen LogP contribution in [0.25, 0.3) is 0 Å². The van der Waals surface area contributed by atoms with E-state index in [9.17, 15) is 44.7 Å². The van der Waals surface area contributed by atoms with Gasteiger partial charge in [0.05, 0.1) is 18.4 Å². The minimum atomic E-state index is -1.48. The molecular weight excluding hydrogens is 744 g/mol. The predicted molar refractivity (Wildman–Crippen MR) is 199 cm³/mol. The smallest absolute Gasteiger partial charge is 0.368 e. The van der Waals surface area contributed by atoms with E-state index in [1.807, 2.05) is 0 Å². The monoisotopic (exact) mass is 786 g/mol. The highest BCUT2D eigenvalue weighted by atomic mass is 16.6. The number of rotatable bonds is 15. The van der Waals surface area contributed by atoms with Crippen molar-refractivity contribution >= 4 is 23.6 Å². The zero-order valence-electron chi connectivity index (χ0n) is 30.6. The molecule has 0 aliphatic carbocycles. The van der Waals surface area contributed by atoms with Gasteiger partial charge in [0.15, 0.2) is 17.6 Å². The Morgan fingerprint density at radius 2 is 1.49 bits per heavy atom. The first-order valence-electron chi connectivity index (χ1n) is 18.6. The fourth-order valence-electron chi connectivity index (χ4n) is 7.21. The quantitative estimate of drug-likeness (QED) is 0.0628. The lowest BCUT2D eigenvalue weighted by molar-refractivity contribution is -0.121. The van der Waals surface area contributed by atoms with Crippen molar-refractivity contribution in [2.45, 2.75) is 68.7 Å². The summed E-state index contributed by atoms with van der Waals surface area (Å²) in [5, 5.41) is 62.3. The number of hydrogen-bond donors (Lipinski definition) is 8. The van der Waals surface area contributed by atoms with Gasteiger partial charge in [-0.3, -0.25) is 9.59 Å². The van der Waals surface area contributed by atoms with Crippen LogP contribution in [0.1, 0.15) is 82.2 Å². The van der Waals surface area contributed by atoms with E-state index in [1.54, 1.807) is 30.3 Å². The minimum absolute atomic E-state index is 0.0639. The molecule has 7 rings (SSSR count). The summed E-state index contributed by atoms with van der Waals surface area (Å²) in [5.74, 6) is -0.467. The number of benzene rings is 3. The van der Waals surface area contributed by atoms with Gasteiger partial charge in [0.2, 0.25) is 5.91 Å². The maximum absolute atomic E-state index is 13.3. The lowest BCUT2D eigenvalue weighted by Gasteiger charge is -2.36. The fourth-order valence-corrected chi connectivity index (χ4v) is 7.21. The summed E-state index contributed by atoms with van der Waals surface area (Å²) in [5.41, 5.74) is -0.355. The first-order valence-corrected chi connectivity index (χ1v) is 18.6. The molecule has 57 heavy (non-hydrogen) atoms. The van der Waals surface area contributed by atoms with Crippen LogP contribution in [0.5, 0.6) is 23.0 Å². The Labute approximate surface area is 325 Å². The van der Waals surface area contributed by atoms with Crippen LogP contribution in [0.2, 0.25) is 0 Å². The summed E-state index contributed by atoms with van der Waals surface area (Å²) in [6, 6.07) is 13.6. The molecule has 0 radical (unpaired) electrons. The number of aromatic hydroxyl groups is 2. The Bertz CT molecular complexity index is 2180. The van der Waals surface area contributed by atoms with E-state index in [0.717, 1.165) is 4.68 Å². The number of nitrogens with one attached hydrogen (secondary N) is 3. The Morgan fingerprint density at radius 3 is 2.18 bits per heavy atom. The van der Waals surface area contributed by atoms with Crippen molar-refractivity contribution in [2.24, 2.45) is 0 Å². The average molecular weight is 787 g/mol. The molecule has 1 saturated heterocycles. The molecule has 4 unspecified atom stereocenters. The number of carbonyl (C=O) groups excluding carboxylic acids is 3. The zero-order chi connectivity index (χ0) is 40.3. The number of aliphatic hydroxyl groups is 3. The molecule has 3 aliphatic heterocycles. The van der Waals surface area contributed by atoms with Gasteiger partial charge in [0, 0.05) is 60.4 Å². The van der Waals surface area contributed by atoms with Crippen molar-refractivity contribution in [3.05, 3.63) is 99.1 Å². The van der Waals surface area contributed by atoms with E-state index >= 15 is 0 Å². The molecule has 4 heterocycles. The van der Waals surface area contributed by atoms with Crippen molar-refractivity contribution in [1.29, 1.82) is 0 Å². The minimum Gasteiger partial charge on any atom is -0.508 e. The van der Waals surface area contributed by atoms with Gasteiger partial charge >= 0.3 is 11.7 Å². The van der Waals surface area contributed by atoms with Gasteiger partial charge in [0.1, 0.15) is 41.3 Å². The fraction of sp³-hybridized carbons (Fsp3) is 0.385. The van der Waals surface area contributed by atoms with Crippen LogP contribution < -0.4 is 26.4 Å². The SMILES string of the molecule is O=C(CCCCCNC(=O)c1ccc2c(c1)C1(OC2=O)c2ccc(O)cc2Oc2cc(O)ccc21)NCCCCNc1cnn(C2OC(CO)C(O)C2O)c(=O)n1. The summed E-state index contributed by atoms with van der Waals surface area (Å²) in [6.45, 7) is 0.755. The molecule has 0 saturated carbocycles. The number of fused-ring (bicyclic) bond motifs is 6. The van der Waals surface area contributed by atoms with Crippen LogP contribution in [0.3, 0.4) is 0 Å². The van der Waals surface area contributed by atoms with Crippen LogP contribution in [-0.2, 0) is 19.9 Å². The molecule has 18 nitrogen and oxygen atoms in total. The molecule has 300 valence electrons. The molecule has 3 aliphatic rings. The standard InChI is InChI=1S/C39H42N6O12/c46-20-30-33(50)34(51)36(56-30)45-38(54)44-31(19-43-45)40-13-4-5-14-41-32(49)6-2-1-3-15-42-35(52)21-7-10-24-27(16-21)39(57-37(24)53)25-11-8-22(47)17-28(25)55-29-18-23(48)9-12-26(29)39/h7-12,16-19,30,33-34,36,46-48,50-51H,1-6,13-15,20H2,(H,41,49)(H,42,52)(H,40,44,54). The normalized spacial score (nSPS) is 19.9. The maximum Gasteiger partial charge on any atom is 0.368 e. The zero-order valence-corrected chi connectivity index (χ0v) is 30.6. The topological polar surface area (TPSA) is 264 Å². The van der Waals surface area contributed by atoms with Crippen LogP contribution in [-0.4, -0.2) is 103 Å². The molecule has 18 heteroatoms. The number of phenolic OH excluding ortho intramolecular Hbond substituents is 2. The number of nitrogens with zero attached hydrogens (tertiary/aromatic N) is 3. The van der Waals surface area contributed by atoms with Crippen LogP contribution in [0, 0.1) is 0 Å². The molecule has 1 spiro atoms. The number of ether oxygens (including phenoxy) is 3. The van der Waals surface area contributed by atoms with E-state index in [1.165, 1.54) is 30.5 Å². The van der Waals surface area contributed by atoms with E-state index in [4.69, 9.17) is 14.2 Å². The van der Waals surface area contributed by atoms with Gasteiger partial charge in [-0.25, -0.2) is 9.59 Å². The Kier molecular flexibility index (Phi) is 11.4. The third-order valence-corrected chi connectivity index (χ3v) is 10.1. The molecule has 3 aromatic carbocycles. The highest BCUT2D eigenvalue weighted by Crippen LogP contribution is 2.57. The van der Waals surface area contributed by atoms with Crippen LogP contribution in [0.4, 0.5) is 5.82 Å². The number of anilines is 1. The lowest BCUT2D eigenvalue weighted by Crippen LogP contribution is -2.37. The molecule has 1 aromatic heterocycles. The number of aliphatic hydroxyl groups excluding tert-OH is 3. The molecule has 0 bridgehead atoms. The van der Waals surface area contributed by atoms with Gasteiger partial charge in [-0.2, -0.15) is 14.8 Å². The largest absolute Gasteiger partial charge is 0.508 e. The van der Waals surface area contributed by atoms with E-state index < -0.39 is 48.4 Å². The number of unbranched alkanes of at least 4 members (excludes halogenated alkanes) is 3. The van der Waals surface area contributed by atoms with Crippen molar-refractivity contribution in [3.63, 3.8) is 0 Å². The van der Waals surface area contributed by atoms with Gasteiger partial charge in [-0.15, -0.1) is 0 Å². The van der Waals surface area contributed by atoms with E-state index in [0.29, 0.717) is 80.4 Å². The summed E-state index contributed by atoms with van der Waals surface area (Å²) in [4.78, 5) is 55.1. The molecular formula is C39H42N6O12. The first-order chi connectivity index (χ1) is 27.5. The first kappa shape index (κ1) is 39.2. The second-order valence-electron chi connectivity index (χ2n) is 13.9. The Morgan fingerprint density at radius 1 is 0.807 bits per heavy atom. The Balaban J connectivity index is 0.824. The second kappa shape index (κ2) is 16.6. The third kappa shape index (κ3) is 7.84. The highest BCUT2D eigenvalue weighted by Gasteiger charge is 2.54. The molecule has 2 amide bonds. The highest BCUT2D eigenvalue weighted by molar-refractivity contribution is 6.00. The number of amides is 2. The van der Waals surface area contributed by atoms with Crippen molar-refractivity contribution in [2.75, 3.05) is 31.6 Å². The molecule has 1 fully saturated rings. The van der Waals surface area contributed by atoms with E-state index in [2.05, 4.69) is 26.0 Å². The second-order valence-corrected chi connectivity index (χ2v) is 13.9. The number of carbonyl (C=O) groups is 3. The van der Waals surface area contributed by atoms with Crippen molar-refractivity contribution < 1.29 is 54.1 Å². The van der Waals surface area contributed by atoms with Crippen molar-refractivity contribution in [1.82, 2.24) is 25.4 Å². The molecule has 4 atom stereocenters. The number of hydrogen-bond acceptors (Lipinski definition) is 15. The van der Waals surface area contributed by atoms with Crippen molar-refractivity contribution in [3.8, 4) is 23.0 Å². The lowest BCUT2D eigenvalue weighted by atomic mass is 9.77. The number of aromatic nitrogens is 3. The van der Waals surface area contributed by atoms with Gasteiger partial charge in [-0.1, -0.05) is 6.42 Å². The molecule has 4 aromatic rings. The van der Waals surface area contributed by atoms with Gasteiger partial charge in [-0.05, 0) is 68.1 Å². The average Bonchev–Trinajstić information content (AvgIpc) is 3.64. The van der Waals surface area contributed by atoms with Gasteiger partial charge < -0.3 is 55.7 Å². The summed E-state index contributed by atoms with van der Waals surface area (Å²) in [7, 11) is 0.